The SMILES string of the molecule is CC(Nc1c(F)c(F)c(F)c(F)c1F)c1nn[nH]n1. The summed E-state index contributed by atoms with van der Waals surface area (Å²) < 4.78 is 65.4. The van der Waals surface area contributed by atoms with Crippen LogP contribution in [0.2, 0.25) is 0 Å². The largest absolute Gasteiger partial charge is 0.370 e. The van der Waals surface area contributed by atoms with Gasteiger partial charge in [-0.15, -0.1) is 10.2 Å². The van der Waals surface area contributed by atoms with Crippen LogP contribution >= 0.6 is 0 Å². The standard InChI is InChI=1S/C9H6F5N5/c1-2(9-16-18-19-17-9)15-8-6(13)4(11)3(10)5(12)7(8)14/h2,15H,1H3,(H,16,17,18,19). The smallest absolute Gasteiger partial charge is 0.200 e. The molecule has 10 heteroatoms. The van der Waals surface area contributed by atoms with Gasteiger partial charge in [0.05, 0.1) is 6.04 Å². The fourth-order valence-electron chi connectivity index (χ4n) is 1.37. The van der Waals surface area contributed by atoms with Gasteiger partial charge in [-0.2, -0.15) is 5.21 Å². The van der Waals surface area contributed by atoms with Crippen LogP contribution in [0.4, 0.5) is 27.6 Å². The minimum atomic E-state index is -2.22. The van der Waals surface area contributed by atoms with Crippen LogP contribution in [0.15, 0.2) is 0 Å². The average molecular weight is 279 g/mol. The van der Waals surface area contributed by atoms with E-state index in [1.165, 1.54) is 6.92 Å². The number of hydrogen-bond acceptors (Lipinski definition) is 4. The molecular weight excluding hydrogens is 273 g/mol. The molecule has 1 aromatic carbocycles. The summed E-state index contributed by atoms with van der Waals surface area (Å²) >= 11 is 0. The van der Waals surface area contributed by atoms with Crippen molar-refractivity contribution in [3.05, 3.63) is 34.9 Å². The Bertz CT molecular complexity index is 571. The van der Waals surface area contributed by atoms with Crippen molar-refractivity contribution in [2.75, 3.05) is 5.32 Å². The summed E-state index contributed by atoms with van der Waals surface area (Å²) in [5, 5.41) is 14.4. The third-order valence-electron chi connectivity index (χ3n) is 2.32. The highest BCUT2D eigenvalue weighted by molar-refractivity contribution is 5.48. The van der Waals surface area contributed by atoms with Gasteiger partial charge < -0.3 is 5.32 Å². The zero-order chi connectivity index (χ0) is 14.2. The van der Waals surface area contributed by atoms with Gasteiger partial charge in [0.15, 0.2) is 29.1 Å². The molecular formula is C9H6F5N5. The Morgan fingerprint density at radius 2 is 1.47 bits per heavy atom. The molecule has 0 bridgehead atoms. The Hall–Kier alpha value is -2.26. The van der Waals surface area contributed by atoms with Crippen molar-refractivity contribution < 1.29 is 22.0 Å². The van der Waals surface area contributed by atoms with Crippen LogP contribution in [0, 0.1) is 29.1 Å². The number of nitrogens with zero attached hydrogens (tertiary/aromatic N) is 3. The maximum absolute atomic E-state index is 13.4. The number of hydrogen-bond donors (Lipinski definition) is 2. The van der Waals surface area contributed by atoms with Gasteiger partial charge >= 0.3 is 0 Å². The Morgan fingerprint density at radius 3 is 1.95 bits per heavy atom. The van der Waals surface area contributed by atoms with Crippen molar-refractivity contribution in [2.24, 2.45) is 0 Å². The monoisotopic (exact) mass is 279 g/mol. The number of halogens is 5. The Morgan fingerprint density at radius 1 is 0.947 bits per heavy atom. The Labute approximate surface area is 102 Å². The molecule has 0 fully saturated rings. The molecule has 1 aromatic heterocycles. The lowest BCUT2D eigenvalue weighted by Gasteiger charge is -2.14. The van der Waals surface area contributed by atoms with E-state index in [9.17, 15) is 22.0 Å². The molecule has 0 aliphatic rings. The van der Waals surface area contributed by atoms with Crippen molar-refractivity contribution in [3.8, 4) is 0 Å². The van der Waals surface area contributed by atoms with Gasteiger partial charge in [0.2, 0.25) is 5.82 Å². The first-order valence-corrected chi connectivity index (χ1v) is 4.94. The molecule has 2 rings (SSSR count). The van der Waals surface area contributed by atoms with E-state index in [2.05, 4.69) is 25.9 Å². The molecule has 0 aliphatic heterocycles. The first-order chi connectivity index (χ1) is 8.93. The topological polar surface area (TPSA) is 66.5 Å². The zero-order valence-electron chi connectivity index (χ0n) is 9.31. The van der Waals surface area contributed by atoms with E-state index in [-0.39, 0.29) is 5.82 Å². The Balaban J connectivity index is 2.41. The number of nitrogens with one attached hydrogen (secondary N) is 2. The summed E-state index contributed by atoms with van der Waals surface area (Å²) in [5.74, 6) is -10.2. The average Bonchev–Trinajstić information content (AvgIpc) is 2.93. The fourth-order valence-corrected chi connectivity index (χ4v) is 1.37. The minimum absolute atomic E-state index is 0.00365. The lowest BCUT2D eigenvalue weighted by molar-refractivity contribution is 0.380. The molecule has 1 unspecified atom stereocenters. The number of anilines is 1. The maximum Gasteiger partial charge on any atom is 0.200 e. The summed E-state index contributed by atoms with van der Waals surface area (Å²) in [5.41, 5.74) is -1.14. The first kappa shape index (κ1) is 13.2. The molecule has 0 amide bonds. The van der Waals surface area contributed by atoms with Crippen LogP contribution in [0.3, 0.4) is 0 Å². The number of aromatic nitrogens is 4. The molecule has 2 N–H and O–H groups in total. The van der Waals surface area contributed by atoms with Crippen molar-refractivity contribution in [2.45, 2.75) is 13.0 Å². The van der Waals surface area contributed by atoms with Gasteiger partial charge in [-0.25, -0.2) is 22.0 Å². The maximum atomic E-state index is 13.4. The summed E-state index contributed by atoms with van der Waals surface area (Å²) in [6, 6.07) is -0.910. The normalized spacial score (nSPS) is 12.5. The van der Waals surface area contributed by atoms with Gasteiger partial charge in [-0.05, 0) is 6.92 Å². The summed E-state index contributed by atoms with van der Waals surface area (Å²) in [4.78, 5) is 0. The first-order valence-electron chi connectivity index (χ1n) is 4.94. The lowest BCUT2D eigenvalue weighted by atomic mass is 10.2. The van der Waals surface area contributed by atoms with Gasteiger partial charge in [-0.3, -0.25) is 0 Å². The second-order valence-corrected chi connectivity index (χ2v) is 3.58. The highest BCUT2D eigenvalue weighted by Crippen LogP contribution is 2.29. The van der Waals surface area contributed by atoms with E-state index in [0.29, 0.717) is 0 Å². The van der Waals surface area contributed by atoms with E-state index in [4.69, 9.17) is 0 Å². The number of rotatable bonds is 3. The number of H-pyrrole nitrogens is 1. The second-order valence-electron chi connectivity index (χ2n) is 3.58. The van der Waals surface area contributed by atoms with E-state index < -0.39 is 40.8 Å². The van der Waals surface area contributed by atoms with E-state index in [1.54, 1.807) is 0 Å². The van der Waals surface area contributed by atoms with Crippen LogP contribution in [0.1, 0.15) is 18.8 Å². The number of aromatic amines is 1. The second kappa shape index (κ2) is 4.78. The lowest BCUT2D eigenvalue weighted by Crippen LogP contribution is -2.14. The summed E-state index contributed by atoms with van der Waals surface area (Å²) in [6.45, 7) is 1.36. The number of tetrazole rings is 1. The van der Waals surface area contributed by atoms with Crippen LogP contribution in [-0.2, 0) is 0 Å². The minimum Gasteiger partial charge on any atom is -0.370 e. The van der Waals surface area contributed by atoms with Gasteiger partial charge in [-0.1, -0.05) is 5.21 Å². The molecule has 0 spiro atoms. The molecule has 19 heavy (non-hydrogen) atoms. The molecule has 0 saturated carbocycles. The van der Waals surface area contributed by atoms with E-state index in [0.717, 1.165) is 0 Å². The fraction of sp³-hybridized carbons (Fsp3) is 0.222. The van der Waals surface area contributed by atoms with Crippen molar-refractivity contribution in [3.63, 3.8) is 0 Å². The van der Waals surface area contributed by atoms with Crippen molar-refractivity contribution in [1.82, 2.24) is 20.6 Å². The molecule has 1 heterocycles. The molecule has 0 aliphatic carbocycles. The third-order valence-corrected chi connectivity index (χ3v) is 2.32. The highest BCUT2D eigenvalue weighted by Gasteiger charge is 2.27. The molecule has 2 aromatic rings. The Kier molecular flexibility index (Phi) is 3.32. The van der Waals surface area contributed by atoms with Crippen molar-refractivity contribution in [1.29, 1.82) is 0 Å². The highest BCUT2D eigenvalue weighted by atomic mass is 19.2. The third kappa shape index (κ3) is 2.20. The van der Waals surface area contributed by atoms with Gasteiger partial charge in [0.1, 0.15) is 5.69 Å². The number of benzene rings is 1. The molecule has 102 valence electrons. The van der Waals surface area contributed by atoms with Crippen LogP contribution in [-0.4, -0.2) is 20.6 Å². The van der Waals surface area contributed by atoms with Crippen LogP contribution in [0.5, 0.6) is 0 Å². The van der Waals surface area contributed by atoms with Crippen molar-refractivity contribution >= 4 is 5.69 Å². The van der Waals surface area contributed by atoms with Crippen LogP contribution in [0.25, 0.3) is 0 Å². The predicted octanol–water partition coefficient (Wildman–Crippen LogP) is 2.07. The molecule has 0 saturated heterocycles. The van der Waals surface area contributed by atoms with Crippen LogP contribution < -0.4 is 5.32 Å². The van der Waals surface area contributed by atoms with E-state index >= 15 is 0 Å². The van der Waals surface area contributed by atoms with E-state index in [1.807, 2.05) is 0 Å². The predicted molar refractivity (Wildman–Crippen MR) is 52.4 cm³/mol. The summed E-state index contributed by atoms with van der Waals surface area (Å²) in [6.07, 6.45) is 0. The molecule has 5 nitrogen and oxygen atoms in total. The zero-order valence-corrected chi connectivity index (χ0v) is 9.31. The molecule has 1 atom stereocenters. The quantitative estimate of drug-likeness (QED) is 0.513. The van der Waals surface area contributed by atoms with Gasteiger partial charge in [0, 0.05) is 0 Å². The van der Waals surface area contributed by atoms with Gasteiger partial charge in [0.25, 0.3) is 0 Å². The summed E-state index contributed by atoms with van der Waals surface area (Å²) in [7, 11) is 0. The molecule has 0 radical (unpaired) electrons.